The van der Waals surface area contributed by atoms with Crippen molar-refractivity contribution in [1.82, 2.24) is 15.5 Å². The molecule has 2 N–H and O–H groups in total. The van der Waals surface area contributed by atoms with Gasteiger partial charge in [-0.15, -0.1) is 24.0 Å². The van der Waals surface area contributed by atoms with Crippen molar-refractivity contribution in [2.75, 3.05) is 65.7 Å². The van der Waals surface area contributed by atoms with Gasteiger partial charge in [0.05, 0.1) is 25.3 Å². The lowest BCUT2D eigenvalue weighted by molar-refractivity contribution is -0.137. The van der Waals surface area contributed by atoms with Crippen LogP contribution in [0.3, 0.4) is 0 Å². The highest BCUT2D eigenvalue weighted by molar-refractivity contribution is 14.0. The summed E-state index contributed by atoms with van der Waals surface area (Å²) in [4.78, 5) is 7.11. The molecule has 0 amide bonds. The smallest absolute Gasteiger partial charge is 0.381 e. The number of nitrogens with zero attached hydrogens (tertiary/aromatic N) is 2. The highest BCUT2D eigenvalue weighted by Gasteiger charge is 2.37. The fourth-order valence-electron chi connectivity index (χ4n) is 4.05. The average Bonchev–Trinajstić information content (AvgIpc) is 2.78. The van der Waals surface area contributed by atoms with Gasteiger partial charge in [0.1, 0.15) is 0 Å². The van der Waals surface area contributed by atoms with Gasteiger partial charge in [-0.3, -0.25) is 9.89 Å². The van der Waals surface area contributed by atoms with Crippen LogP contribution in [0, 0.1) is 0 Å². The molecule has 2 aliphatic heterocycles. The zero-order valence-electron chi connectivity index (χ0n) is 18.5. The molecule has 6 nitrogen and oxygen atoms in total. The van der Waals surface area contributed by atoms with E-state index in [-0.39, 0.29) is 24.0 Å². The number of ether oxygens (including phenoxy) is 2. The first kappa shape index (κ1) is 27.1. The van der Waals surface area contributed by atoms with Crippen molar-refractivity contribution in [1.29, 1.82) is 0 Å². The van der Waals surface area contributed by atoms with Crippen LogP contribution in [-0.4, -0.2) is 76.6 Å². The van der Waals surface area contributed by atoms with Gasteiger partial charge < -0.3 is 20.1 Å². The number of benzene rings is 1. The van der Waals surface area contributed by atoms with E-state index in [4.69, 9.17) is 14.5 Å². The van der Waals surface area contributed by atoms with Gasteiger partial charge in [-0.2, -0.15) is 13.2 Å². The molecule has 32 heavy (non-hydrogen) atoms. The van der Waals surface area contributed by atoms with Crippen molar-refractivity contribution >= 4 is 29.9 Å². The maximum Gasteiger partial charge on any atom is 0.416 e. The van der Waals surface area contributed by atoms with Crippen LogP contribution in [-0.2, 0) is 21.1 Å². The Labute approximate surface area is 205 Å². The Morgan fingerprint density at radius 3 is 2.44 bits per heavy atom. The van der Waals surface area contributed by atoms with Crippen LogP contribution in [0.25, 0.3) is 0 Å². The van der Waals surface area contributed by atoms with Crippen molar-refractivity contribution in [3.63, 3.8) is 0 Å². The van der Waals surface area contributed by atoms with E-state index in [2.05, 4.69) is 15.5 Å². The molecule has 0 atom stereocenters. The quantitative estimate of drug-likeness (QED) is 0.300. The molecule has 2 heterocycles. The van der Waals surface area contributed by atoms with Crippen LogP contribution in [0.1, 0.15) is 30.9 Å². The summed E-state index contributed by atoms with van der Waals surface area (Å²) in [7, 11) is 0. The standard InChI is InChI=1S/C22H33F3N4O2.HI/c1-2-26-20(27-8-9-29-10-14-31-15-11-29)28-17-21(6-12-30-13-7-21)18-4-3-5-19(16-18)22(23,24)25;/h3-5,16H,2,6-15,17H2,1H3,(H2,26,27,28);1H. The maximum atomic E-state index is 13.3. The highest BCUT2D eigenvalue weighted by atomic mass is 127. The van der Waals surface area contributed by atoms with Gasteiger partial charge in [-0.25, -0.2) is 0 Å². The molecule has 0 aliphatic carbocycles. The van der Waals surface area contributed by atoms with Crippen molar-refractivity contribution in [3.05, 3.63) is 35.4 Å². The van der Waals surface area contributed by atoms with Crippen molar-refractivity contribution in [3.8, 4) is 0 Å². The number of alkyl halides is 3. The second-order valence-corrected chi connectivity index (χ2v) is 8.05. The van der Waals surface area contributed by atoms with Crippen molar-refractivity contribution < 1.29 is 22.6 Å². The van der Waals surface area contributed by atoms with Gasteiger partial charge in [0.15, 0.2) is 5.96 Å². The van der Waals surface area contributed by atoms with E-state index >= 15 is 0 Å². The van der Waals surface area contributed by atoms with Gasteiger partial charge >= 0.3 is 6.18 Å². The fraction of sp³-hybridized carbons (Fsp3) is 0.682. The molecule has 0 unspecified atom stereocenters. The molecular weight excluding hydrogens is 536 g/mol. The summed E-state index contributed by atoms with van der Waals surface area (Å²) < 4.78 is 50.7. The molecule has 0 radical (unpaired) electrons. The number of nitrogens with one attached hydrogen (secondary N) is 2. The Hall–Kier alpha value is -1.11. The molecule has 0 bridgehead atoms. The molecule has 182 valence electrons. The number of morpholine rings is 1. The summed E-state index contributed by atoms with van der Waals surface area (Å²) in [6.07, 6.45) is -3.07. The Morgan fingerprint density at radius 1 is 1.09 bits per heavy atom. The zero-order valence-corrected chi connectivity index (χ0v) is 20.9. The van der Waals surface area contributed by atoms with Crippen LogP contribution in [0.15, 0.2) is 29.3 Å². The number of hydrogen-bond acceptors (Lipinski definition) is 4. The van der Waals surface area contributed by atoms with Crippen LogP contribution in [0.2, 0.25) is 0 Å². The monoisotopic (exact) mass is 570 g/mol. The minimum Gasteiger partial charge on any atom is -0.381 e. The van der Waals surface area contributed by atoms with Gasteiger partial charge in [-0.1, -0.05) is 18.2 Å². The van der Waals surface area contributed by atoms with E-state index in [9.17, 15) is 13.2 Å². The number of halogens is 4. The minimum atomic E-state index is -4.36. The van der Waals surface area contributed by atoms with Crippen LogP contribution in [0.4, 0.5) is 13.2 Å². The summed E-state index contributed by atoms with van der Waals surface area (Å²) in [6.45, 7) is 9.16. The number of aliphatic imine (C=N–C) groups is 1. The first-order valence-corrected chi connectivity index (χ1v) is 11.0. The molecule has 0 aromatic heterocycles. The lowest BCUT2D eigenvalue weighted by Crippen LogP contribution is -2.45. The zero-order chi connectivity index (χ0) is 22.2. The molecule has 1 aromatic carbocycles. The summed E-state index contributed by atoms with van der Waals surface area (Å²) >= 11 is 0. The molecule has 3 rings (SSSR count). The van der Waals surface area contributed by atoms with E-state index in [0.29, 0.717) is 50.7 Å². The van der Waals surface area contributed by atoms with E-state index in [1.54, 1.807) is 6.07 Å². The van der Waals surface area contributed by atoms with E-state index in [1.807, 2.05) is 6.92 Å². The lowest BCUT2D eigenvalue weighted by Gasteiger charge is -2.37. The first-order valence-electron chi connectivity index (χ1n) is 11.0. The predicted octanol–water partition coefficient (Wildman–Crippen LogP) is 3.26. The first-order chi connectivity index (χ1) is 14.9. The second-order valence-electron chi connectivity index (χ2n) is 8.05. The van der Waals surface area contributed by atoms with E-state index in [1.165, 1.54) is 12.1 Å². The topological polar surface area (TPSA) is 58.1 Å². The van der Waals surface area contributed by atoms with Crippen LogP contribution < -0.4 is 10.6 Å². The normalized spacial score (nSPS) is 19.8. The van der Waals surface area contributed by atoms with E-state index < -0.39 is 17.2 Å². The SMILES string of the molecule is CCNC(=NCC1(c2cccc(C(F)(F)F)c2)CCOCC1)NCCN1CCOCC1.I. The van der Waals surface area contributed by atoms with Crippen LogP contribution >= 0.6 is 24.0 Å². The maximum absolute atomic E-state index is 13.3. The number of hydrogen-bond donors (Lipinski definition) is 2. The summed E-state index contributed by atoms with van der Waals surface area (Å²) in [5, 5.41) is 6.61. The summed E-state index contributed by atoms with van der Waals surface area (Å²) in [5.41, 5.74) is -0.402. The third-order valence-electron chi connectivity index (χ3n) is 5.96. The molecule has 1 aromatic rings. The Bertz CT molecular complexity index is 721. The Kier molecular flexibility index (Phi) is 11.0. The third kappa shape index (κ3) is 7.74. The molecule has 0 spiro atoms. The molecule has 2 aliphatic rings. The Balaban J connectivity index is 0.00000363. The fourth-order valence-corrected chi connectivity index (χ4v) is 4.05. The number of guanidine groups is 1. The van der Waals surface area contributed by atoms with Gasteiger partial charge in [0, 0.05) is 51.4 Å². The predicted molar refractivity (Wildman–Crippen MR) is 130 cm³/mol. The Morgan fingerprint density at radius 2 is 1.78 bits per heavy atom. The van der Waals surface area contributed by atoms with Gasteiger partial charge in [0.2, 0.25) is 0 Å². The minimum absolute atomic E-state index is 0. The third-order valence-corrected chi connectivity index (χ3v) is 5.96. The van der Waals surface area contributed by atoms with E-state index in [0.717, 1.165) is 45.5 Å². The molecular formula is C22H34F3IN4O2. The number of rotatable bonds is 7. The molecule has 2 saturated heterocycles. The summed E-state index contributed by atoms with van der Waals surface area (Å²) in [5.74, 6) is 0.689. The van der Waals surface area contributed by atoms with Crippen LogP contribution in [0.5, 0.6) is 0 Å². The highest BCUT2D eigenvalue weighted by Crippen LogP contribution is 2.38. The molecule has 0 saturated carbocycles. The second kappa shape index (κ2) is 13.0. The molecule has 2 fully saturated rings. The lowest BCUT2D eigenvalue weighted by atomic mass is 9.74. The van der Waals surface area contributed by atoms with Gasteiger partial charge in [0.25, 0.3) is 0 Å². The summed E-state index contributed by atoms with van der Waals surface area (Å²) in [6, 6.07) is 5.68. The van der Waals surface area contributed by atoms with Crippen molar-refractivity contribution in [2.24, 2.45) is 4.99 Å². The average molecular weight is 570 g/mol. The van der Waals surface area contributed by atoms with Gasteiger partial charge in [-0.05, 0) is 31.4 Å². The largest absolute Gasteiger partial charge is 0.416 e. The van der Waals surface area contributed by atoms with Crippen molar-refractivity contribution in [2.45, 2.75) is 31.4 Å². The molecule has 10 heteroatoms.